The van der Waals surface area contributed by atoms with Gasteiger partial charge in [-0.15, -0.1) is 11.3 Å². The molecular weight excluding hydrogens is 416 g/mol. The lowest BCUT2D eigenvalue weighted by Gasteiger charge is -2.32. The maximum Gasteiger partial charge on any atom is 0.252 e. The highest BCUT2D eigenvalue weighted by atomic mass is 32.2. The van der Waals surface area contributed by atoms with E-state index in [1.54, 1.807) is 17.5 Å². The standard InChI is InChI=1S/C23H30N2O3S2/c1-2-21(19-12-11-17-7-3-4-8-18(17)15-19)24-23(26)20-9-5-13-25(16-20)30(27,28)22-10-6-14-29-22/h6,10-12,14-15,20-21H,2-5,7-9,13,16H2,1H3,(H,24,26)/t20-,21+/m0/s1. The van der Waals surface area contributed by atoms with Crippen molar-refractivity contribution in [3.05, 3.63) is 52.4 Å². The van der Waals surface area contributed by atoms with Crippen molar-refractivity contribution in [2.24, 2.45) is 5.92 Å². The Labute approximate surface area is 183 Å². The summed E-state index contributed by atoms with van der Waals surface area (Å²) in [5, 5.41) is 4.98. The third-order valence-electron chi connectivity index (χ3n) is 6.34. The van der Waals surface area contributed by atoms with Crippen molar-refractivity contribution >= 4 is 27.3 Å². The maximum absolute atomic E-state index is 13.1. The number of amides is 1. The van der Waals surface area contributed by atoms with Gasteiger partial charge in [-0.25, -0.2) is 8.42 Å². The van der Waals surface area contributed by atoms with Gasteiger partial charge in [0.15, 0.2) is 0 Å². The summed E-state index contributed by atoms with van der Waals surface area (Å²) in [6.45, 7) is 2.82. The molecule has 1 amide bonds. The van der Waals surface area contributed by atoms with Crippen molar-refractivity contribution in [3.63, 3.8) is 0 Å². The molecule has 2 aromatic rings. The van der Waals surface area contributed by atoms with Gasteiger partial charge < -0.3 is 5.32 Å². The fourth-order valence-electron chi connectivity index (χ4n) is 4.59. The van der Waals surface area contributed by atoms with E-state index >= 15 is 0 Å². The van der Waals surface area contributed by atoms with Gasteiger partial charge in [0.1, 0.15) is 4.21 Å². The first-order valence-corrected chi connectivity index (χ1v) is 13.3. The Morgan fingerprint density at radius 3 is 2.73 bits per heavy atom. The van der Waals surface area contributed by atoms with Gasteiger partial charge in [0.05, 0.1) is 12.0 Å². The lowest BCUT2D eigenvalue weighted by atomic mass is 9.88. The summed E-state index contributed by atoms with van der Waals surface area (Å²) in [4.78, 5) is 13.1. The Kier molecular flexibility index (Phi) is 6.60. The lowest BCUT2D eigenvalue weighted by Crippen LogP contribution is -2.45. The highest BCUT2D eigenvalue weighted by Gasteiger charge is 2.34. The van der Waals surface area contributed by atoms with E-state index in [-0.39, 0.29) is 24.4 Å². The van der Waals surface area contributed by atoms with Crippen LogP contribution in [0.15, 0.2) is 39.9 Å². The van der Waals surface area contributed by atoms with E-state index in [1.807, 2.05) is 0 Å². The molecule has 0 spiro atoms. The Morgan fingerprint density at radius 2 is 2.00 bits per heavy atom. The summed E-state index contributed by atoms with van der Waals surface area (Å²) in [7, 11) is -3.51. The zero-order valence-electron chi connectivity index (χ0n) is 17.5. The number of sulfonamides is 1. The molecule has 0 radical (unpaired) electrons. The molecule has 30 heavy (non-hydrogen) atoms. The fourth-order valence-corrected chi connectivity index (χ4v) is 7.26. The first kappa shape index (κ1) is 21.5. The zero-order valence-corrected chi connectivity index (χ0v) is 19.1. The molecule has 2 heterocycles. The second kappa shape index (κ2) is 9.20. The van der Waals surface area contributed by atoms with E-state index in [2.05, 4.69) is 30.4 Å². The Balaban J connectivity index is 1.44. The van der Waals surface area contributed by atoms with E-state index < -0.39 is 10.0 Å². The fraction of sp³-hybridized carbons (Fsp3) is 0.522. The van der Waals surface area contributed by atoms with E-state index in [1.165, 1.54) is 39.6 Å². The van der Waals surface area contributed by atoms with Crippen LogP contribution in [-0.2, 0) is 27.7 Å². The smallest absolute Gasteiger partial charge is 0.252 e. The van der Waals surface area contributed by atoms with Crippen LogP contribution >= 0.6 is 11.3 Å². The SMILES string of the molecule is CC[C@@H](NC(=O)[C@H]1CCCN(S(=O)(=O)c2cccs2)C1)c1ccc2c(c1)CCCC2. The number of piperidine rings is 1. The van der Waals surface area contributed by atoms with Crippen LogP contribution in [0.3, 0.4) is 0 Å². The molecule has 1 fully saturated rings. The number of thiophene rings is 1. The van der Waals surface area contributed by atoms with Gasteiger partial charge in [-0.2, -0.15) is 4.31 Å². The van der Waals surface area contributed by atoms with E-state index in [0.717, 1.165) is 31.2 Å². The van der Waals surface area contributed by atoms with Crippen LogP contribution in [0.1, 0.15) is 61.8 Å². The van der Waals surface area contributed by atoms with E-state index in [0.29, 0.717) is 17.2 Å². The van der Waals surface area contributed by atoms with Gasteiger partial charge in [0, 0.05) is 13.1 Å². The summed E-state index contributed by atoms with van der Waals surface area (Å²) >= 11 is 1.23. The van der Waals surface area contributed by atoms with Gasteiger partial charge >= 0.3 is 0 Å². The molecule has 1 aromatic carbocycles. The average molecular weight is 447 g/mol. The third-order valence-corrected chi connectivity index (χ3v) is 9.58. The van der Waals surface area contributed by atoms with Gasteiger partial charge in [0.2, 0.25) is 5.91 Å². The summed E-state index contributed by atoms with van der Waals surface area (Å²) in [5.74, 6) is -0.342. The number of nitrogens with one attached hydrogen (secondary N) is 1. The van der Waals surface area contributed by atoms with Crippen molar-refractivity contribution in [1.82, 2.24) is 9.62 Å². The third kappa shape index (κ3) is 4.48. The Bertz CT molecular complexity index is 986. The quantitative estimate of drug-likeness (QED) is 0.720. The van der Waals surface area contributed by atoms with Gasteiger partial charge in [-0.3, -0.25) is 4.79 Å². The van der Waals surface area contributed by atoms with Crippen molar-refractivity contribution in [1.29, 1.82) is 0 Å². The molecule has 0 bridgehead atoms. The van der Waals surface area contributed by atoms with Gasteiger partial charge in [-0.1, -0.05) is 31.2 Å². The molecule has 1 aromatic heterocycles. The van der Waals surface area contributed by atoms with Crippen LogP contribution in [0, 0.1) is 5.92 Å². The molecular formula is C23H30N2O3S2. The van der Waals surface area contributed by atoms with Crippen LogP contribution < -0.4 is 5.32 Å². The molecule has 2 atom stereocenters. The normalized spacial score (nSPS) is 21.0. The van der Waals surface area contributed by atoms with Crippen LogP contribution in [0.25, 0.3) is 0 Å². The largest absolute Gasteiger partial charge is 0.349 e. The highest BCUT2D eigenvalue weighted by molar-refractivity contribution is 7.91. The number of hydrogen-bond donors (Lipinski definition) is 1. The number of nitrogens with zero attached hydrogens (tertiary/aromatic N) is 1. The second-order valence-corrected chi connectivity index (χ2v) is 11.5. The molecule has 2 aliphatic rings. The number of carbonyl (C=O) groups excluding carboxylic acids is 1. The molecule has 7 heteroatoms. The van der Waals surface area contributed by atoms with Crippen LogP contribution in [0.2, 0.25) is 0 Å². The van der Waals surface area contributed by atoms with Crippen LogP contribution in [0.4, 0.5) is 0 Å². The molecule has 1 aliphatic heterocycles. The first-order chi connectivity index (χ1) is 14.5. The summed E-state index contributed by atoms with van der Waals surface area (Å²) in [5.41, 5.74) is 4.01. The topological polar surface area (TPSA) is 66.5 Å². The minimum absolute atomic E-state index is 0.0333. The minimum Gasteiger partial charge on any atom is -0.349 e. The minimum atomic E-state index is -3.51. The predicted octanol–water partition coefficient (Wildman–Crippen LogP) is 4.30. The second-order valence-electron chi connectivity index (χ2n) is 8.34. The first-order valence-electron chi connectivity index (χ1n) is 10.9. The summed E-state index contributed by atoms with van der Waals surface area (Å²) < 4.78 is 27.5. The molecule has 1 saturated heterocycles. The molecule has 162 valence electrons. The Morgan fingerprint density at radius 1 is 1.20 bits per heavy atom. The van der Waals surface area contributed by atoms with Gasteiger partial charge in [0.25, 0.3) is 10.0 Å². The number of rotatable bonds is 6. The predicted molar refractivity (Wildman–Crippen MR) is 120 cm³/mol. The summed E-state index contributed by atoms with van der Waals surface area (Å²) in [6.07, 6.45) is 7.00. The number of benzene rings is 1. The highest BCUT2D eigenvalue weighted by Crippen LogP contribution is 2.29. The molecule has 1 N–H and O–H groups in total. The van der Waals surface area contributed by atoms with Crippen LogP contribution in [0.5, 0.6) is 0 Å². The number of carbonyl (C=O) groups is 1. The van der Waals surface area contributed by atoms with Crippen molar-refractivity contribution < 1.29 is 13.2 Å². The van der Waals surface area contributed by atoms with Crippen molar-refractivity contribution in [2.75, 3.05) is 13.1 Å². The van der Waals surface area contributed by atoms with Crippen molar-refractivity contribution in [2.45, 2.75) is 62.1 Å². The lowest BCUT2D eigenvalue weighted by molar-refractivity contribution is -0.126. The zero-order chi connectivity index (χ0) is 21.1. The summed E-state index contributed by atoms with van der Waals surface area (Å²) in [6, 6.07) is 9.97. The molecule has 1 aliphatic carbocycles. The maximum atomic E-state index is 13.1. The van der Waals surface area contributed by atoms with Gasteiger partial charge in [-0.05, 0) is 73.1 Å². The Hall–Kier alpha value is -1.70. The van der Waals surface area contributed by atoms with E-state index in [9.17, 15) is 13.2 Å². The number of fused-ring (bicyclic) bond motifs is 1. The molecule has 5 nitrogen and oxygen atoms in total. The average Bonchev–Trinajstić information content (AvgIpc) is 3.33. The van der Waals surface area contributed by atoms with Crippen LogP contribution in [-0.4, -0.2) is 31.7 Å². The van der Waals surface area contributed by atoms with Crippen molar-refractivity contribution in [3.8, 4) is 0 Å². The number of aryl methyl sites for hydroxylation is 2. The number of hydrogen-bond acceptors (Lipinski definition) is 4. The van der Waals surface area contributed by atoms with E-state index in [4.69, 9.17) is 0 Å². The molecule has 0 unspecified atom stereocenters. The molecule has 4 rings (SSSR count). The molecule has 0 saturated carbocycles. The monoisotopic (exact) mass is 446 g/mol.